The minimum absolute atomic E-state index is 0.0254. The largest absolute Gasteiger partial charge is 0.325 e. The number of carbonyl (C=O) groups excluding carboxylic acids is 1. The summed E-state index contributed by atoms with van der Waals surface area (Å²) in [5.41, 5.74) is 2.86. The average Bonchev–Trinajstić information content (AvgIpc) is 2.94. The van der Waals surface area contributed by atoms with Crippen LogP contribution in [0.5, 0.6) is 0 Å². The molecule has 6 heteroatoms. The maximum absolute atomic E-state index is 12.4. The third-order valence-electron chi connectivity index (χ3n) is 3.96. The topological polar surface area (TPSA) is 51.1 Å². The second-order valence-electron chi connectivity index (χ2n) is 5.72. The highest BCUT2D eigenvalue weighted by Crippen LogP contribution is 2.23. The van der Waals surface area contributed by atoms with Gasteiger partial charge in [0, 0.05) is 18.0 Å². The van der Waals surface area contributed by atoms with Crippen molar-refractivity contribution in [3.63, 3.8) is 0 Å². The first kappa shape index (κ1) is 17.8. The van der Waals surface area contributed by atoms with Gasteiger partial charge in [-0.15, -0.1) is 11.8 Å². The van der Waals surface area contributed by atoms with E-state index in [9.17, 15) is 9.59 Å². The van der Waals surface area contributed by atoms with Gasteiger partial charge >= 0.3 is 4.87 Å². The van der Waals surface area contributed by atoms with Crippen LogP contribution in [0.3, 0.4) is 0 Å². The number of rotatable bonds is 6. The number of aromatic nitrogens is 1. The van der Waals surface area contributed by atoms with E-state index in [4.69, 9.17) is 0 Å². The lowest BCUT2D eigenvalue weighted by atomic mass is 10.2. The van der Waals surface area contributed by atoms with Crippen molar-refractivity contribution in [2.75, 3.05) is 5.32 Å². The number of hydrogen-bond acceptors (Lipinski definition) is 4. The van der Waals surface area contributed by atoms with Gasteiger partial charge in [-0.1, -0.05) is 41.7 Å². The Hall–Kier alpha value is -2.05. The molecule has 0 aliphatic carbocycles. The molecule has 1 amide bonds. The van der Waals surface area contributed by atoms with Gasteiger partial charge in [-0.2, -0.15) is 0 Å². The third-order valence-corrected chi connectivity index (χ3v) is 6.12. The summed E-state index contributed by atoms with van der Waals surface area (Å²) in [7, 11) is 0. The van der Waals surface area contributed by atoms with Crippen LogP contribution < -0.4 is 10.2 Å². The number of thioether (sulfide) groups is 1. The fraction of sp³-hybridized carbons (Fsp3) is 0.263. The summed E-state index contributed by atoms with van der Waals surface area (Å²) in [4.78, 5) is 24.4. The SMILES string of the molecule is CCn1c(=O)sc2cc(NC(=O)[C@@H](C)SCc3ccccc3)ccc21. The van der Waals surface area contributed by atoms with Crippen LogP contribution in [0.25, 0.3) is 10.2 Å². The fourth-order valence-corrected chi connectivity index (χ4v) is 4.40. The number of thiazole rings is 1. The first-order chi connectivity index (χ1) is 12.1. The number of benzene rings is 2. The van der Waals surface area contributed by atoms with Crippen molar-refractivity contribution in [1.82, 2.24) is 4.57 Å². The lowest BCUT2D eigenvalue weighted by molar-refractivity contribution is -0.115. The van der Waals surface area contributed by atoms with E-state index in [2.05, 4.69) is 17.4 Å². The molecule has 130 valence electrons. The van der Waals surface area contributed by atoms with E-state index in [0.717, 1.165) is 21.7 Å². The summed E-state index contributed by atoms with van der Waals surface area (Å²) in [5, 5.41) is 2.79. The molecule has 0 bridgehead atoms. The first-order valence-corrected chi connectivity index (χ1v) is 10.0. The van der Waals surface area contributed by atoms with E-state index in [1.54, 1.807) is 16.3 Å². The maximum atomic E-state index is 12.4. The summed E-state index contributed by atoms with van der Waals surface area (Å²) in [5.74, 6) is 0.776. The summed E-state index contributed by atoms with van der Waals surface area (Å²) in [6, 6.07) is 15.7. The number of carbonyl (C=O) groups is 1. The summed E-state index contributed by atoms with van der Waals surface area (Å²) in [6.45, 7) is 4.51. The second-order valence-corrected chi connectivity index (χ2v) is 8.05. The van der Waals surface area contributed by atoms with Crippen molar-refractivity contribution in [2.45, 2.75) is 31.4 Å². The lowest BCUT2D eigenvalue weighted by Crippen LogP contribution is -2.22. The number of hydrogen-bond donors (Lipinski definition) is 1. The molecule has 0 fully saturated rings. The monoisotopic (exact) mass is 372 g/mol. The zero-order valence-corrected chi connectivity index (χ0v) is 15.8. The van der Waals surface area contributed by atoms with Crippen LogP contribution >= 0.6 is 23.1 Å². The molecular weight excluding hydrogens is 352 g/mol. The van der Waals surface area contributed by atoms with Crippen molar-refractivity contribution in [3.05, 3.63) is 63.8 Å². The number of nitrogens with zero attached hydrogens (tertiary/aromatic N) is 1. The van der Waals surface area contributed by atoms with E-state index >= 15 is 0 Å². The minimum atomic E-state index is -0.158. The molecule has 0 saturated carbocycles. The molecule has 0 aliphatic heterocycles. The van der Waals surface area contributed by atoms with E-state index in [1.165, 1.54) is 16.9 Å². The molecule has 1 aromatic heterocycles. The van der Waals surface area contributed by atoms with Crippen LogP contribution in [0.1, 0.15) is 19.4 Å². The highest BCUT2D eigenvalue weighted by molar-refractivity contribution is 7.99. The fourth-order valence-electron chi connectivity index (χ4n) is 2.56. The Morgan fingerprint density at radius 1 is 1.24 bits per heavy atom. The lowest BCUT2D eigenvalue weighted by Gasteiger charge is -2.12. The van der Waals surface area contributed by atoms with Crippen LogP contribution in [0, 0.1) is 0 Å². The third kappa shape index (κ3) is 4.14. The number of anilines is 1. The molecule has 2 aromatic carbocycles. The van der Waals surface area contributed by atoms with E-state index in [-0.39, 0.29) is 16.0 Å². The molecular formula is C19H20N2O2S2. The minimum Gasteiger partial charge on any atom is -0.325 e. The quantitative estimate of drug-likeness (QED) is 0.700. The van der Waals surface area contributed by atoms with Crippen molar-refractivity contribution >= 4 is 44.9 Å². The highest BCUT2D eigenvalue weighted by Gasteiger charge is 2.14. The van der Waals surface area contributed by atoms with Gasteiger partial charge in [0.1, 0.15) is 0 Å². The van der Waals surface area contributed by atoms with Gasteiger partial charge in [-0.3, -0.25) is 14.2 Å². The molecule has 4 nitrogen and oxygen atoms in total. The molecule has 1 atom stereocenters. The summed E-state index contributed by atoms with van der Waals surface area (Å²) < 4.78 is 2.64. The molecule has 3 aromatic rings. The van der Waals surface area contributed by atoms with Crippen LogP contribution in [0.15, 0.2) is 53.3 Å². The van der Waals surface area contributed by atoms with Crippen LogP contribution in [0.2, 0.25) is 0 Å². The van der Waals surface area contributed by atoms with E-state index in [0.29, 0.717) is 6.54 Å². The van der Waals surface area contributed by atoms with Crippen LogP contribution in [0.4, 0.5) is 5.69 Å². The average molecular weight is 373 g/mol. The Balaban J connectivity index is 1.65. The molecule has 0 aliphatic rings. The van der Waals surface area contributed by atoms with Gasteiger partial charge in [0.15, 0.2) is 0 Å². The Morgan fingerprint density at radius 2 is 2.00 bits per heavy atom. The Morgan fingerprint density at radius 3 is 2.72 bits per heavy atom. The Bertz CT molecular complexity index is 931. The van der Waals surface area contributed by atoms with Crippen molar-refractivity contribution in [3.8, 4) is 0 Å². The molecule has 1 N–H and O–H groups in total. The van der Waals surface area contributed by atoms with Crippen molar-refractivity contribution in [2.24, 2.45) is 0 Å². The van der Waals surface area contributed by atoms with Crippen molar-refractivity contribution in [1.29, 1.82) is 0 Å². The number of amides is 1. The predicted octanol–water partition coefficient (Wildman–Crippen LogP) is 4.34. The standard InChI is InChI=1S/C19H20N2O2S2/c1-3-21-16-10-9-15(11-17(16)25-19(21)23)20-18(22)13(2)24-12-14-7-5-4-6-8-14/h4-11,13H,3,12H2,1-2H3,(H,20,22)/t13-/m1/s1. The molecule has 0 spiro atoms. The van der Waals surface area contributed by atoms with Crippen molar-refractivity contribution < 1.29 is 4.79 Å². The van der Waals surface area contributed by atoms with Crippen LogP contribution in [-0.4, -0.2) is 15.7 Å². The smallest absolute Gasteiger partial charge is 0.308 e. The summed E-state index contributed by atoms with van der Waals surface area (Å²) >= 11 is 2.82. The number of nitrogens with one attached hydrogen (secondary N) is 1. The highest BCUT2D eigenvalue weighted by atomic mass is 32.2. The van der Waals surface area contributed by atoms with Gasteiger partial charge in [0.25, 0.3) is 0 Å². The number of fused-ring (bicyclic) bond motifs is 1. The number of aryl methyl sites for hydroxylation is 1. The van der Waals surface area contributed by atoms with Gasteiger partial charge in [0.05, 0.1) is 15.5 Å². The first-order valence-electron chi connectivity index (χ1n) is 8.18. The zero-order valence-electron chi connectivity index (χ0n) is 14.2. The van der Waals surface area contributed by atoms with Gasteiger partial charge in [0.2, 0.25) is 5.91 Å². The van der Waals surface area contributed by atoms with Gasteiger partial charge in [-0.25, -0.2) is 0 Å². The molecule has 1 heterocycles. The summed E-state index contributed by atoms with van der Waals surface area (Å²) in [6.07, 6.45) is 0. The normalized spacial score (nSPS) is 12.2. The van der Waals surface area contributed by atoms with Gasteiger partial charge in [-0.05, 0) is 37.6 Å². The molecule has 3 rings (SSSR count). The molecule has 0 radical (unpaired) electrons. The van der Waals surface area contributed by atoms with Crippen LogP contribution in [-0.2, 0) is 17.1 Å². The molecule has 0 unspecified atom stereocenters. The second kappa shape index (κ2) is 7.89. The molecule has 0 saturated heterocycles. The van der Waals surface area contributed by atoms with E-state index in [1.807, 2.05) is 50.2 Å². The predicted molar refractivity (Wildman–Crippen MR) is 108 cm³/mol. The van der Waals surface area contributed by atoms with E-state index < -0.39 is 0 Å². The van der Waals surface area contributed by atoms with Gasteiger partial charge < -0.3 is 5.32 Å². The Kier molecular flexibility index (Phi) is 5.60. The Labute approximate surface area is 154 Å². The molecule has 25 heavy (non-hydrogen) atoms. The maximum Gasteiger partial charge on any atom is 0.308 e. The zero-order chi connectivity index (χ0) is 17.8.